The summed E-state index contributed by atoms with van der Waals surface area (Å²) in [5.41, 5.74) is 1.93. The monoisotopic (exact) mass is 393 g/mol. The van der Waals surface area contributed by atoms with Crippen LogP contribution in [0.2, 0.25) is 0 Å². The molecule has 3 rings (SSSR count). The van der Waals surface area contributed by atoms with Gasteiger partial charge in [0.15, 0.2) is 5.16 Å². The van der Waals surface area contributed by atoms with E-state index in [-0.39, 0.29) is 11.6 Å². The molecule has 0 aliphatic rings. The van der Waals surface area contributed by atoms with Gasteiger partial charge in [-0.1, -0.05) is 39.8 Å². The predicted octanol–water partition coefficient (Wildman–Crippen LogP) is 4.58. The van der Waals surface area contributed by atoms with Crippen LogP contribution in [0, 0.1) is 5.82 Å². The number of benzene rings is 2. The Morgan fingerprint density at radius 1 is 1.35 bits per heavy atom. The van der Waals surface area contributed by atoms with E-state index in [0.29, 0.717) is 9.63 Å². The molecule has 1 atom stereocenters. The van der Waals surface area contributed by atoms with Crippen molar-refractivity contribution in [2.24, 2.45) is 0 Å². The lowest BCUT2D eigenvalue weighted by atomic mass is 10.3. The van der Waals surface area contributed by atoms with Crippen molar-refractivity contribution in [2.45, 2.75) is 17.3 Å². The third kappa shape index (κ3) is 3.73. The first-order valence-electron chi connectivity index (χ1n) is 6.90. The number of para-hydroxylation sites is 2. The number of fused-ring (bicyclic) bond motifs is 1. The van der Waals surface area contributed by atoms with Crippen molar-refractivity contribution >= 4 is 50.3 Å². The van der Waals surface area contributed by atoms with Crippen molar-refractivity contribution in [3.05, 3.63) is 52.8 Å². The minimum Gasteiger partial charge on any atom is -0.333 e. The Morgan fingerprint density at radius 2 is 2.13 bits per heavy atom. The van der Waals surface area contributed by atoms with Crippen LogP contribution in [0.5, 0.6) is 0 Å². The van der Waals surface area contributed by atoms with Crippen LogP contribution in [0.4, 0.5) is 10.1 Å². The molecule has 3 aromatic rings. The Bertz CT molecular complexity index is 834. The first kappa shape index (κ1) is 16.0. The van der Waals surface area contributed by atoms with Gasteiger partial charge < -0.3 is 10.3 Å². The molecule has 7 heteroatoms. The highest BCUT2D eigenvalue weighted by molar-refractivity contribution is 9.10. The first-order chi connectivity index (χ1) is 11.0. The number of H-pyrrole nitrogens is 1. The zero-order valence-electron chi connectivity index (χ0n) is 12.1. The fraction of sp³-hybridized carbons (Fsp3) is 0.125. The average molecular weight is 394 g/mol. The van der Waals surface area contributed by atoms with Crippen LogP contribution in [-0.2, 0) is 4.79 Å². The second kappa shape index (κ2) is 6.72. The topological polar surface area (TPSA) is 57.8 Å². The molecule has 2 N–H and O–H groups in total. The Kier molecular flexibility index (Phi) is 4.68. The standard InChI is InChI=1S/C16H13BrFN3OS/c1-9(15(22)19-12-7-6-10(17)8-11(12)18)23-16-20-13-4-2-3-5-14(13)21-16/h2-9H,1H3,(H,19,22)(H,20,21). The maximum Gasteiger partial charge on any atom is 0.237 e. The lowest BCUT2D eigenvalue weighted by Crippen LogP contribution is -2.23. The summed E-state index contributed by atoms with van der Waals surface area (Å²) >= 11 is 4.48. The van der Waals surface area contributed by atoms with E-state index in [1.807, 2.05) is 24.3 Å². The van der Waals surface area contributed by atoms with E-state index in [4.69, 9.17) is 0 Å². The zero-order valence-corrected chi connectivity index (χ0v) is 14.5. The summed E-state index contributed by atoms with van der Waals surface area (Å²) < 4.78 is 14.4. The summed E-state index contributed by atoms with van der Waals surface area (Å²) in [7, 11) is 0. The molecule has 0 aliphatic carbocycles. The number of nitrogens with one attached hydrogen (secondary N) is 2. The summed E-state index contributed by atoms with van der Waals surface area (Å²) in [5, 5.41) is 2.83. The number of hydrogen-bond donors (Lipinski definition) is 2. The summed E-state index contributed by atoms with van der Waals surface area (Å²) in [5.74, 6) is -0.759. The normalized spacial score (nSPS) is 12.3. The lowest BCUT2D eigenvalue weighted by Gasteiger charge is -2.11. The molecule has 0 bridgehead atoms. The van der Waals surface area contributed by atoms with E-state index in [1.54, 1.807) is 13.0 Å². The van der Waals surface area contributed by atoms with Crippen LogP contribution < -0.4 is 5.32 Å². The molecule has 0 aliphatic heterocycles. The molecule has 4 nitrogen and oxygen atoms in total. The highest BCUT2D eigenvalue weighted by Gasteiger charge is 2.18. The van der Waals surface area contributed by atoms with Crippen molar-refractivity contribution in [2.75, 3.05) is 5.32 Å². The molecule has 0 saturated carbocycles. The Labute approximate surface area is 145 Å². The third-order valence-corrected chi connectivity index (χ3v) is 4.69. The van der Waals surface area contributed by atoms with Crippen molar-refractivity contribution < 1.29 is 9.18 Å². The average Bonchev–Trinajstić information content (AvgIpc) is 2.92. The van der Waals surface area contributed by atoms with Crippen LogP contribution >= 0.6 is 27.7 Å². The van der Waals surface area contributed by atoms with E-state index < -0.39 is 11.1 Å². The fourth-order valence-electron chi connectivity index (χ4n) is 2.03. The molecule has 23 heavy (non-hydrogen) atoms. The number of rotatable bonds is 4. The zero-order chi connectivity index (χ0) is 16.4. The van der Waals surface area contributed by atoms with E-state index >= 15 is 0 Å². The number of thioether (sulfide) groups is 1. The molecule has 1 heterocycles. The van der Waals surface area contributed by atoms with Crippen molar-refractivity contribution in [3.63, 3.8) is 0 Å². The number of imidazole rings is 1. The summed E-state index contributed by atoms with van der Waals surface area (Å²) in [6.45, 7) is 1.75. The second-order valence-corrected chi connectivity index (χ2v) is 7.18. The number of halogens is 2. The van der Waals surface area contributed by atoms with Crippen LogP contribution in [-0.4, -0.2) is 21.1 Å². The van der Waals surface area contributed by atoms with Crippen molar-refractivity contribution in [1.82, 2.24) is 9.97 Å². The number of aromatic amines is 1. The van der Waals surface area contributed by atoms with Crippen LogP contribution in [0.25, 0.3) is 11.0 Å². The van der Waals surface area contributed by atoms with Gasteiger partial charge in [-0.05, 0) is 37.3 Å². The largest absolute Gasteiger partial charge is 0.333 e. The molecule has 0 fully saturated rings. The quantitative estimate of drug-likeness (QED) is 0.637. The number of anilines is 1. The first-order valence-corrected chi connectivity index (χ1v) is 8.57. The number of aromatic nitrogens is 2. The van der Waals surface area contributed by atoms with E-state index in [1.165, 1.54) is 23.9 Å². The third-order valence-electron chi connectivity index (χ3n) is 3.21. The summed E-state index contributed by atoms with van der Waals surface area (Å²) in [4.78, 5) is 19.8. The highest BCUT2D eigenvalue weighted by atomic mass is 79.9. The SMILES string of the molecule is CC(Sc1nc2ccccc2[nH]1)C(=O)Nc1ccc(Br)cc1F. The molecule has 1 aromatic heterocycles. The molecular weight excluding hydrogens is 381 g/mol. The van der Waals surface area contributed by atoms with Gasteiger partial charge in [0.05, 0.1) is 22.0 Å². The molecular formula is C16H13BrFN3OS. The van der Waals surface area contributed by atoms with Crippen molar-refractivity contribution in [3.8, 4) is 0 Å². The minimum atomic E-state index is -0.478. The maximum absolute atomic E-state index is 13.8. The van der Waals surface area contributed by atoms with Gasteiger partial charge in [-0.3, -0.25) is 4.79 Å². The van der Waals surface area contributed by atoms with Crippen LogP contribution in [0.1, 0.15) is 6.92 Å². The fourth-order valence-corrected chi connectivity index (χ4v) is 3.19. The van der Waals surface area contributed by atoms with Crippen molar-refractivity contribution in [1.29, 1.82) is 0 Å². The lowest BCUT2D eigenvalue weighted by molar-refractivity contribution is -0.115. The van der Waals surface area contributed by atoms with Gasteiger partial charge in [-0.25, -0.2) is 9.37 Å². The molecule has 0 spiro atoms. The molecule has 2 aromatic carbocycles. The van der Waals surface area contributed by atoms with Gasteiger partial charge in [-0.15, -0.1) is 0 Å². The van der Waals surface area contributed by atoms with Gasteiger partial charge in [-0.2, -0.15) is 0 Å². The molecule has 118 valence electrons. The van der Waals surface area contributed by atoms with E-state index in [2.05, 4.69) is 31.2 Å². The Balaban J connectivity index is 1.69. The van der Waals surface area contributed by atoms with E-state index in [9.17, 15) is 9.18 Å². The maximum atomic E-state index is 13.8. The van der Waals surface area contributed by atoms with Crippen LogP contribution in [0.3, 0.4) is 0 Å². The second-order valence-electron chi connectivity index (χ2n) is 4.93. The molecule has 0 radical (unpaired) electrons. The number of carbonyl (C=O) groups excluding carboxylic acids is 1. The molecule has 0 saturated heterocycles. The Morgan fingerprint density at radius 3 is 2.87 bits per heavy atom. The number of carbonyl (C=O) groups is 1. The van der Waals surface area contributed by atoms with E-state index in [0.717, 1.165) is 11.0 Å². The highest BCUT2D eigenvalue weighted by Crippen LogP contribution is 2.25. The van der Waals surface area contributed by atoms with Gasteiger partial charge in [0.1, 0.15) is 5.82 Å². The molecule has 1 amide bonds. The van der Waals surface area contributed by atoms with Gasteiger partial charge in [0.2, 0.25) is 5.91 Å². The van der Waals surface area contributed by atoms with Gasteiger partial charge in [0, 0.05) is 4.47 Å². The molecule has 1 unspecified atom stereocenters. The summed E-state index contributed by atoms with van der Waals surface area (Å²) in [6.07, 6.45) is 0. The smallest absolute Gasteiger partial charge is 0.237 e. The minimum absolute atomic E-state index is 0.162. The number of hydrogen-bond acceptors (Lipinski definition) is 3. The summed E-state index contributed by atoms with van der Waals surface area (Å²) in [6, 6.07) is 12.2. The van der Waals surface area contributed by atoms with Gasteiger partial charge in [0.25, 0.3) is 0 Å². The van der Waals surface area contributed by atoms with Crippen LogP contribution in [0.15, 0.2) is 52.1 Å². The Hall–Kier alpha value is -1.86. The van der Waals surface area contributed by atoms with Gasteiger partial charge >= 0.3 is 0 Å². The predicted molar refractivity (Wildman–Crippen MR) is 94.1 cm³/mol. The number of amides is 1. The number of nitrogens with zero attached hydrogens (tertiary/aromatic N) is 1.